The van der Waals surface area contributed by atoms with Crippen LogP contribution in [0.15, 0.2) is 72.9 Å². The lowest BCUT2D eigenvalue weighted by atomic mass is 10.0. The molecule has 5 nitrogen and oxygen atoms in total. The lowest BCUT2D eigenvalue weighted by Gasteiger charge is -2.18. The van der Waals surface area contributed by atoms with Crippen LogP contribution in [-0.4, -0.2) is 37.9 Å². The molecule has 0 aliphatic carbocycles. The van der Waals surface area contributed by atoms with Gasteiger partial charge in [-0.3, -0.25) is 9.59 Å². The number of hydrogen-bond acceptors (Lipinski definition) is 5. The van der Waals surface area contributed by atoms with Gasteiger partial charge in [0.05, 0.1) is 6.61 Å². The van der Waals surface area contributed by atoms with Gasteiger partial charge in [-0.2, -0.15) is 0 Å². The van der Waals surface area contributed by atoms with E-state index in [0.29, 0.717) is 19.4 Å². The van der Waals surface area contributed by atoms with E-state index in [0.717, 1.165) is 77.0 Å². The maximum Gasteiger partial charge on any atom is 0.306 e. The van der Waals surface area contributed by atoms with Gasteiger partial charge < -0.3 is 14.2 Å². The summed E-state index contributed by atoms with van der Waals surface area (Å²) in [6.07, 6.45) is 79.2. The second-order valence-corrected chi connectivity index (χ2v) is 20.3. The molecular formula is C65H116O5. The third-order valence-corrected chi connectivity index (χ3v) is 13.2. The molecular weight excluding hydrogens is 861 g/mol. The highest BCUT2D eigenvalue weighted by molar-refractivity contribution is 5.70. The Morgan fingerprint density at radius 2 is 0.600 bits per heavy atom. The van der Waals surface area contributed by atoms with Crippen molar-refractivity contribution in [3.8, 4) is 0 Å². The molecule has 0 aliphatic rings. The van der Waals surface area contributed by atoms with E-state index in [9.17, 15) is 9.59 Å². The van der Waals surface area contributed by atoms with Crippen molar-refractivity contribution < 1.29 is 23.8 Å². The fourth-order valence-electron chi connectivity index (χ4n) is 8.64. The third kappa shape index (κ3) is 57.9. The Labute approximate surface area is 436 Å². The van der Waals surface area contributed by atoms with Crippen molar-refractivity contribution >= 4 is 11.9 Å². The van der Waals surface area contributed by atoms with Crippen molar-refractivity contribution in [1.82, 2.24) is 0 Å². The highest BCUT2D eigenvalue weighted by Crippen LogP contribution is 2.16. The van der Waals surface area contributed by atoms with E-state index < -0.39 is 6.10 Å². The molecule has 0 rings (SSSR count). The zero-order chi connectivity index (χ0) is 50.6. The minimum absolute atomic E-state index is 0.0751. The largest absolute Gasteiger partial charge is 0.462 e. The van der Waals surface area contributed by atoms with Crippen LogP contribution in [0.2, 0.25) is 0 Å². The first-order valence-corrected chi connectivity index (χ1v) is 30.5. The van der Waals surface area contributed by atoms with Gasteiger partial charge in [0.25, 0.3) is 0 Å². The summed E-state index contributed by atoms with van der Waals surface area (Å²) in [5.74, 6) is -0.405. The van der Waals surface area contributed by atoms with Gasteiger partial charge >= 0.3 is 11.9 Å². The van der Waals surface area contributed by atoms with Crippen LogP contribution >= 0.6 is 0 Å². The average Bonchev–Trinajstić information content (AvgIpc) is 3.36. The summed E-state index contributed by atoms with van der Waals surface area (Å²) in [7, 11) is 0. The molecule has 1 unspecified atom stereocenters. The number of allylic oxidation sites excluding steroid dienone is 12. The minimum Gasteiger partial charge on any atom is -0.462 e. The molecule has 0 saturated carbocycles. The van der Waals surface area contributed by atoms with E-state index in [2.05, 4.69) is 93.7 Å². The average molecular weight is 978 g/mol. The van der Waals surface area contributed by atoms with E-state index in [1.54, 1.807) is 0 Å². The van der Waals surface area contributed by atoms with Crippen LogP contribution in [0.4, 0.5) is 0 Å². The Hall–Kier alpha value is -2.66. The van der Waals surface area contributed by atoms with Gasteiger partial charge in [-0.05, 0) is 96.3 Å². The molecule has 0 spiro atoms. The Balaban J connectivity index is 4.30. The third-order valence-electron chi connectivity index (χ3n) is 13.2. The Morgan fingerprint density at radius 1 is 0.314 bits per heavy atom. The van der Waals surface area contributed by atoms with Gasteiger partial charge in [0.2, 0.25) is 0 Å². The van der Waals surface area contributed by atoms with Crippen molar-refractivity contribution in [3.63, 3.8) is 0 Å². The summed E-state index contributed by atoms with van der Waals surface area (Å²) in [5.41, 5.74) is 0. The van der Waals surface area contributed by atoms with E-state index in [4.69, 9.17) is 14.2 Å². The summed E-state index contributed by atoms with van der Waals surface area (Å²) in [4.78, 5) is 25.6. The number of ether oxygens (including phenoxy) is 3. The molecule has 0 radical (unpaired) electrons. The van der Waals surface area contributed by atoms with Crippen LogP contribution in [0.1, 0.15) is 303 Å². The van der Waals surface area contributed by atoms with Crippen LogP contribution < -0.4 is 0 Å². The van der Waals surface area contributed by atoms with Gasteiger partial charge in [0.1, 0.15) is 6.61 Å². The molecule has 70 heavy (non-hydrogen) atoms. The Bertz CT molecular complexity index is 1240. The summed E-state index contributed by atoms with van der Waals surface area (Å²) >= 11 is 0. The molecule has 0 fully saturated rings. The molecule has 0 aromatic carbocycles. The molecule has 406 valence electrons. The predicted octanol–water partition coefficient (Wildman–Crippen LogP) is 21.0. The van der Waals surface area contributed by atoms with Gasteiger partial charge in [-0.25, -0.2) is 0 Å². The van der Waals surface area contributed by atoms with Crippen LogP contribution in [-0.2, 0) is 23.8 Å². The first-order valence-electron chi connectivity index (χ1n) is 30.5. The van der Waals surface area contributed by atoms with Crippen LogP contribution in [0.25, 0.3) is 0 Å². The Morgan fingerprint density at radius 3 is 0.986 bits per heavy atom. The molecule has 0 aromatic rings. The van der Waals surface area contributed by atoms with E-state index in [-0.39, 0.29) is 25.2 Å². The number of rotatable bonds is 56. The predicted molar refractivity (Wildman–Crippen MR) is 307 cm³/mol. The smallest absolute Gasteiger partial charge is 0.306 e. The molecule has 5 heteroatoms. The molecule has 0 aliphatic heterocycles. The zero-order valence-electron chi connectivity index (χ0n) is 46.8. The number of carbonyl (C=O) groups excluding carboxylic acids is 2. The minimum atomic E-state index is -0.549. The summed E-state index contributed by atoms with van der Waals surface area (Å²) in [5, 5.41) is 0. The standard InChI is InChI=1S/C65H116O5/c1-4-7-10-13-16-19-22-25-28-30-32-34-36-39-42-45-48-51-54-57-60-68-61-63(70-65(67)59-56-53-50-47-44-41-37-27-24-21-18-15-12-9-6-3)62-69-64(66)58-55-52-49-46-43-40-38-35-33-31-29-26-23-20-17-14-11-8-5-2/h16-17,19-20,25-26,28-29,32-35,63H,4-15,18,21-24,27,30-31,36-62H2,1-3H3/b19-16-,20-17-,28-25-,29-26-,34-32-,35-33-. The molecule has 0 amide bonds. The van der Waals surface area contributed by atoms with E-state index >= 15 is 0 Å². The molecule has 1 atom stereocenters. The molecule has 0 heterocycles. The van der Waals surface area contributed by atoms with Gasteiger partial charge in [0, 0.05) is 19.4 Å². The van der Waals surface area contributed by atoms with E-state index in [1.165, 1.54) is 193 Å². The van der Waals surface area contributed by atoms with Crippen molar-refractivity contribution in [2.24, 2.45) is 0 Å². The van der Waals surface area contributed by atoms with Gasteiger partial charge in [-0.1, -0.05) is 267 Å². The molecule has 0 saturated heterocycles. The summed E-state index contributed by atoms with van der Waals surface area (Å²) in [6.45, 7) is 7.78. The van der Waals surface area contributed by atoms with Crippen molar-refractivity contribution in [2.75, 3.05) is 19.8 Å². The van der Waals surface area contributed by atoms with Crippen molar-refractivity contribution in [3.05, 3.63) is 72.9 Å². The molecule has 0 aromatic heterocycles. The fraction of sp³-hybridized carbons (Fsp3) is 0.785. The first kappa shape index (κ1) is 67.3. The maximum absolute atomic E-state index is 12.9. The normalized spacial score (nSPS) is 12.7. The van der Waals surface area contributed by atoms with Crippen molar-refractivity contribution in [2.45, 2.75) is 309 Å². The maximum atomic E-state index is 12.9. The fourth-order valence-corrected chi connectivity index (χ4v) is 8.64. The summed E-state index contributed by atoms with van der Waals surface area (Å²) in [6, 6.07) is 0. The monoisotopic (exact) mass is 977 g/mol. The zero-order valence-corrected chi connectivity index (χ0v) is 46.8. The van der Waals surface area contributed by atoms with E-state index in [1.807, 2.05) is 0 Å². The lowest BCUT2D eigenvalue weighted by molar-refractivity contribution is -0.163. The molecule has 0 bridgehead atoms. The second-order valence-electron chi connectivity index (χ2n) is 20.3. The Kier molecular flexibility index (Phi) is 58.3. The van der Waals surface area contributed by atoms with Crippen LogP contribution in [0.3, 0.4) is 0 Å². The number of hydrogen-bond donors (Lipinski definition) is 0. The number of esters is 2. The molecule has 0 N–H and O–H groups in total. The van der Waals surface area contributed by atoms with Gasteiger partial charge in [0.15, 0.2) is 6.10 Å². The SMILES string of the molecule is CCCCC/C=C\C/C=C\C/C=C\CCCCCCCCCOCC(COC(=O)CCCCCCCC/C=C\C/C=C\C/C=C\CCCCC)OC(=O)CCCCCCCCCCCCCCCCC. The van der Waals surface area contributed by atoms with Gasteiger partial charge in [-0.15, -0.1) is 0 Å². The first-order chi connectivity index (χ1) is 34.6. The van der Waals surface area contributed by atoms with Crippen molar-refractivity contribution in [1.29, 1.82) is 0 Å². The topological polar surface area (TPSA) is 61.8 Å². The van der Waals surface area contributed by atoms with Crippen LogP contribution in [0.5, 0.6) is 0 Å². The highest BCUT2D eigenvalue weighted by Gasteiger charge is 2.17. The number of unbranched alkanes of at least 4 members (excludes halogenated alkanes) is 33. The highest BCUT2D eigenvalue weighted by atomic mass is 16.6. The second kappa shape index (κ2) is 60.6. The van der Waals surface area contributed by atoms with Crippen LogP contribution in [0, 0.1) is 0 Å². The number of carbonyl (C=O) groups is 2. The quantitative estimate of drug-likeness (QED) is 0.0345. The lowest BCUT2D eigenvalue weighted by Crippen LogP contribution is -2.30. The summed E-state index contributed by atoms with van der Waals surface area (Å²) < 4.78 is 17.5.